The minimum atomic E-state index is -0.0354. The number of imidazole rings is 1. The van der Waals surface area contributed by atoms with Gasteiger partial charge in [-0.05, 0) is 45.7 Å². The van der Waals surface area contributed by atoms with Gasteiger partial charge in [0.2, 0.25) is 0 Å². The number of hydrogen-bond acceptors (Lipinski definition) is 4. The highest BCUT2D eigenvalue weighted by molar-refractivity contribution is 14.0. The number of methoxy groups -OCH3 is 1. The lowest BCUT2D eigenvalue weighted by Crippen LogP contribution is -2.38. The van der Waals surface area contributed by atoms with Crippen molar-refractivity contribution in [3.05, 3.63) is 42.5 Å². The molecule has 0 fully saturated rings. The highest BCUT2D eigenvalue weighted by Gasteiger charge is 2.06. The smallest absolute Gasteiger partial charge is 0.191 e. The van der Waals surface area contributed by atoms with Gasteiger partial charge < -0.3 is 24.7 Å². The quantitative estimate of drug-likeness (QED) is 0.207. The molecule has 1 atom stereocenters. The van der Waals surface area contributed by atoms with Crippen LogP contribution in [0.1, 0.15) is 32.5 Å². The van der Waals surface area contributed by atoms with E-state index in [2.05, 4.69) is 32.1 Å². The van der Waals surface area contributed by atoms with Crippen LogP contribution in [0.25, 0.3) is 0 Å². The van der Waals surface area contributed by atoms with Crippen LogP contribution in [-0.4, -0.2) is 48.4 Å². The molecule has 162 valence electrons. The van der Waals surface area contributed by atoms with E-state index in [0.29, 0.717) is 6.54 Å². The Balaban J connectivity index is 0.00000420. The molecule has 1 aromatic heterocycles. The monoisotopic (exact) mass is 515 g/mol. The van der Waals surface area contributed by atoms with Crippen molar-refractivity contribution >= 4 is 29.9 Å². The molecule has 0 aliphatic heterocycles. The van der Waals surface area contributed by atoms with Gasteiger partial charge in [0.15, 0.2) is 5.96 Å². The Morgan fingerprint density at radius 3 is 2.72 bits per heavy atom. The number of nitrogens with zero attached hydrogens (tertiary/aromatic N) is 3. The molecule has 1 unspecified atom stereocenters. The van der Waals surface area contributed by atoms with Crippen molar-refractivity contribution in [3.8, 4) is 11.5 Å². The molecule has 0 saturated heterocycles. The minimum Gasteiger partial charge on any atom is -0.497 e. The topological polar surface area (TPSA) is 72.7 Å². The molecule has 0 bridgehead atoms. The highest BCUT2D eigenvalue weighted by atomic mass is 127. The van der Waals surface area contributed by atoms with Crippen LogP contribution in [0.2, 0.25) is 0 Å². The van der Waals surface area contributed by atoms with E-state index in [1.807, 2.05) is 50.5 Å². The molecule has 1 aromatic carbocycles. The van der Waals surface area contributed by atoms with Gasteiger partial charge in [0.25, 0.3) is 0 Å². The lowest BCUT2D eigenvalue weighted by Gasteiger charge is -2.15. The number of benzene rings is 1. The summed E-state index contributed by atoms with van der Waals surface area (Å²) in [6, 6.07) is 7.62. The summed E-state index contributed by atoms with van der Waals surface area (Å²) in [6.45, 7) is 9.38. The Morgan fingerprint density at radius 1 is 1.24 bits per heavy atom. The Hall–Kier alpha value is -1.97. The molecule has 2 aromatic rings. The lowest BCUT2D eigenvalue weighted by molar-refractivity contribution is 0.229. The van der Waals surface area contributed by atoms with Crippen LogP contribution in [-0.2, 0) is 6.54 Å². The molecule has 29 heavy (non-hydrogen) atoms. The van der Waals surface area contributed by atoms with Crippen LogP contribution in [0, 0.1) is 6.92 Å². The van der Waals surface area contributed by atoms with Crippen LogP contribution >= 0.6 is 24.0 Å². The van der Waals surface area contributed by atoms with E-state index < -0.39 is 0 Å². The number of aryl methyl sites for hydroxylation is 2. The summed E-state index contributed by atoms with van der Waals surface area (Å²) in [5, 5.41) is 6.67. The molecular weight excluding hydrogens is 481 g/mol. The molecular formula is C21H34IN5O2. The number of nitrogens with one attached hydrogen (secondary N) is 2. The van der Waals surface area contributed by atoms with Gasteiger partial charge in [-0.2, -0.15) is 0 Å². The second kappa shape index (κ2) is 14.1. The molecule has 0 amide bonds. The van der Waals surface area contributed by atoms with Crippen LogP contribution in [0.5, 0.6) is 11.5 Å². The number of ether oxygens (including phenoxy) is 2. The maximum absolute atomic E-state index is 5.93. The molecule has 0 aliphatic rings. The first kappa shape index (κ1) is 25.1. The molecule has 8 heteroatoms. The van der Waals surface area contributed by atoms with Crippen molar-refractivity contribution in [1.29, 1.82) is 0 Å². The van der Waals surface area contributed by atoms with Crippen molar-refractivity contribution in [1.82, 2.24) is 20.2 Å². The summed E-state index contributed by atoms with van der Waals surface area (Å²) < 4.78 is 13.3. The standard InChI is InChI=1S/C21H33N5O2.HI/c1-5-22-21(24-11-6-7-13-26-14-12-23-18(26)3)25-16-17(2)28-20-10-8-9-19(15-20)27-4;/h8-10,12,14-15,17H,5-7,11,13,16H2,1-4H3,(H2,22,24,25);1H. The average Bonchev–Trinajstić information content (AvgIpc) is 3.10. The Morgan fingerprint density at radius 2 is 2.03 bits per heavy atom. The first-order chi connectivity index (χ1) is 13.6. The van der Waals surface area contributed by atoms with E-state index in [0.717, 1.165) is 55.8 Å². The summed E-state index contributed by atoms with van der Waals surface area (Å²) in [6.07, 6.45) is 6.00. The molecule has 0 saturated carbocycles. The molecule has 2 N–H and O–H groups in total. The maximum Gasteiger partial charge on any atom is 0.191 e. The van der Waals surface area contributed by atoms with Crippen molar-refractivity contribution in [2.75, 3.05) is 26.7 Å². The van der Waals surface area contributed by atoms with Gasteiger partial charge in [-0.25, -0.2) is 9.98 Å². The van der Waals surface area contributed by atoms with E-state index >= 15 is 0 Å². The van der Waals surface area contributed by atoms with Crippen molar-refractivity contribution in [3.63, 3.8) is 0 Å². The van der Waals surface area contributed by atoms with Crippen LogP contribution in [0.15, 0.2) is 41.7 Å². The van der Waals surface area contributed by atoms with Gasteiger partial charge in [-0.15, -0.1) is 24.0 Å². The summed E-state index contributed by atoms with van der Waals surface area (Å²) in [4.78, 5) is 8.88. The normalized spacial score (nSPS) is 12.1. The van der Waals surface area contributed by atoms with Crippen molar-refractivity contribution in [2.45, 2.75) is 46.3 Å². The fourth-order valence-corrected chi connectivity index (χ4v) is 2.76. The van der Waals surface area contributed by atoms with Gasteiger partial charge >= 0.3 is 0 Å². The van der Waals surface area contributed by atoms with Gasteiger partial charge in [0.1, 0.15) is 23.4 Å². The van der Waals surface area contributed by atoms with Gasteiger partial charge in [0.05, 0.1) is 13.7 Å². The number of rotatable bonds is 11. The molecule has 0 radical (unpaired) electrons. The Bertz CT molecular complexity index is 735. The van der Waals surface area contributed by atoms with Gasteiger partial charge in [0, 0.05) is 38.1 Å². The van der Waals surface area contributed by atoms with E-state index in [1.54, 1.807) is 7.11 Å². The zero-order valence-electron chi connectivity index (χ0n) is 17.9. The highest BCUT2D eigenvalue weighted by Crippen LogP contribution is 2.19. The predicted octanol–water partition coefficient (Wildman–Crippen LogP) is 3.62. The van der Waals surface area contributed by atoms with E-state index in [4.69, 9.17) is 9.47 Å². The Kier molecular flexibility index (Phi) is 12.2. The summed E-state index contributed by atoms with van der Waals surface area (Å²) in [7, 11) is 1.65. The third-order valence-electron chi connectivity index (χ3n) is 4.27. The number of guanidine groups is 1. The minimum absolute atomic E-state index is 0. The fourth-order valence-electron chi connectivity index (χ4n) is 2.76. The van der Waals surface area contributed by atoms with Crippen LogP contribution in [0.3, 0.4) is 0 Å². The molecule has 2 rings (SSSR count). The number of aliphatic imine (C=N–C) groups is 1. The predicted molar refractivity (Wildman–Crippen MR) is 129 cm³/mol. The van der Waals surface area contributed by atoms with Gasteiger partial charge in [-0.3, -0.25) is 0 Å². The first-order valence-corrected chi connectivity index (χ1v) is 9.93. The van der Waals surface area contributed by atoms with Crippen molar-refractivity contribution in [2.24, 2.45) is 4.99 Å². The second-order valence-electron chi connectivity index (χ2n) is 6.63. The SMILES string of the molecule is CCNC(=NCC(C)Oc1cccc(OC)c1)NCCCCn1ccnc1C.I. The van der Waals surface area contributed by atoms with E-state index in [-0.39, 0.29) is 30.1 Å². The Labute approximate surface area is 191 Å². The zero-order chi connectivity index (χ0) is 20.2. The van der Waals surface area contributed by atoms with E-state index in [1.165, 1.54) is 0 Å². The number of aromatic nitrogens is 2. The lowest BCUT2D eigenvalue weighted by atomic mass is 10.3. The molecule has 7 nitrogen and oxygen atoms in total. The summed E-state index contributed by atoms with van der Waals surface area (Å²) >= 11 is 0. The molecule has 0 aliphatic carbocycles. The third-order valence-corrected chi connectivity index (χ3v) is 4.27. The third kappa shape index (κ3) is 9.38. The largest absolute Gasteiger partial charge is 0.497 e. The zero-order valence-corrected chi connectivity index (χ0v) is 20.2. The van der Waals surface area contributed by atoms with Crippen LogP contribution < -0.4 is 20.1 Å². The molecule has 1 heterocycles. The maximum atomic E-state index is 5.93. The van der Waals surface area contributed by atoms with Crippen LogP contribution in [0.4, 0.5) is 0 Å². The van der Waals surface area contributed by atoms with Gasteiger partial charge in [-0.1, -0.05) is 6.07 Å². The number of halogens is 1. The second-order valence-corrected chi connectivity index (χ2v) is 6.63. The number of hydrogen-bond donors (Lipinski definition) is 2. The number of unbranched alkanes of at least 4 members (excludes halogenated alkanes) is 1. The average molecular weight is 515 g/mol. The van der Waals surface area contributed by atoms with E-state index in [9.17, 15) is 0 Å². The fraction of sp³-hybridized carbons (Fsp3) is 0.524. The first-order valence-electron chi connectivity index (χ1n) is 9.93. The molecule has 0 spiro atoms. The summed E-state index contributed by atoms with van der Waals surface area (Å²) in [5.74, 6) is 3.46. The summed E-state index contributed by atoms with van der Waals surface area (Å²) in [5.41, 5.74) is 0. The van der Waals surface area contributed by atoms with Crippen molar-refractivity contribution < 1.29 is 9.47 Å².